The molecule has 0 saturated heterocycles. The Morgan fingerprint density at radius 2 is 2.31 bits per heavy atom. The zero-order valence-electron chi connectivity index (χ0n) is 8.81. The van der Waals surface area contributed by atoms with Gasteiger partial charge in [-0.05, 0) is 19.1 Å². The van der Waals surface area contributed by atoms with Crippen molar-refractivity contribution in [1.29, 1.82) is 0 Å². The maximum atomic E-state index is 5.59. The van der Waals surface area contributed by atoms with Crippen molar-refractivity contribution >= 4 is 11.6 Å². The zero-order valence-corrected chi connectivity index (χ0v) is 9.57. The van der Waals surface area contributed by atoms with Gasteiger partial charge in [-0.25, -0.2) is 0 Å². The minimum atomic E-state index is 0.220. The lowest BCUT2D eigenvalue weighted by atomic mass is 10.2. The van der Waals surface area contributed by atoms with Crippen LogP contribution in [-0.4, -0.2) is 16.7 Å². The van der Waals surface area contributed by atoms with Crippen molar-refractivity contribution in [2.45, 2.75) is 12.8 Å². The van der Waals surface area contributed by atoms with Crippen LogP contribution >= 0.6 is 11.6 Å². The van der Waals surface area contributed by atoms with Crippen LogP contribution in [0.3, 0.4) is 0 Å². The molecule has 2 rings (SSSR count). The smallest absolute Gasteiger partial charge is 0.241 e. The second kappa shape index (κ2) is 4.99. The van der Waals surface area contributed by atoms with E-state index in [2.05, 4.69) is 10.1 Å². The summed E-state index contributed by atoms with van der Waals surface area (Å²) in [7, 11) is 0. The van der Waals surface area contributed by atoms with Gasteiger partial charge in [0.2, 0.25) is 11.7 Å². The first-order chi connectivity index (χ1) is 7.83. The lowest BCUT2D eigenvalue weighted by Gasteiger charge is -2.02. The number of benzene rings is 1. The molecular formula is C11H11ClN2O2. The fourth-order valence-electron chi connectivity index (χ4n) is 1.32. The Morgan fingerprint density at radius 1 is 1.44 bits per heavy atom. The minimum Gasteiger partial charge on any atom is -0.494 e. The van der Waals surface area contributed by atoms with Gasteiger partial charge in [0.15, 0.2) is 0 Å². The summed E-state index contributed by atoms with van der Waals surface area (Å²) in [5, 5.41) is 3.83. The van der Waals surface area contributed by atoms with Crippen molar-refractivity contribution in [3.8, 4) is 17.1 Å². The van der Waals surface area contributed by atoms with Crippen LogP contribution in [0.25, 0.3) is 11.4 Å². The quantitative estimate of drug-likeness (QED) is 0.769. The average Bonchev–Trinajstić information content (AvgIpc) is 2.78. The molecule has 16 heavy (non-hydrogen) atoms. The molecule has 0 bridgehead atoms. The topological polar surface area (TPSA) is 48.2 Å². The third kappa shape index (κ3) is 2.33. The maximum absolute atomic E-state index is 5.59. The Labute approximate surface area is 98.2 Å². The number of ether oxygens (including phenoxy) is 1. The SMILES string of the molecule is CCOc1cccc(-c2noc(CCl)n2)c1. The van der Waals surface area contributed by atoms with Gasteiger partial charge >= 0.3 is 0 Å². The molecule has 0 atom stereocenters. The normalized spacial score (nSPS) is 10.4. The molecule has 0 spiro atoms. The van der Waals surface area contributed by atoms with Gasteiger partial charge in [0, 0.05) is 5.56 Å². The number of hydrogen-bond acceptors (Lipinski definition) is 4. The van der Waals surface area contributed by atoms with Crippen LogP contribution in [0.2, 0.25) is 0 Å². The first-order valence-corrected chi connectivity index (χ1v) is 5.48. The molecule has 0 fully saturated rings. The highest BCUT2D eigenvalue weighted by Crippen LogP contribution is 2.21. The minimum absolute atomic E-state index is 0.220. The van der Waals surface area contributed by atoms with Gasteiger partial charge in [-0.15, -0.1) is 11.6 Å². The van der Waals surface area contributed by atoms with E-state index in [-0.39, 0.29) is 5.88 Å². The van der Waals surface area contributed by atoms with E-state index in [0.717, 1.165) is 11.3 Å². The van der Waals surface area contributed by atoms with Crippen molar-refractivity contribution in [2.24, 2.45) is 0 Å². The van der Waals surface area contributed by atoms with E-state index in [1.807, 2.05) is 31.2 Å². The largest absolute Gasteiger partial charge is 0.494 e. The van der Waals surface area contributed by atoms with Crippen LogP contribution in [0, 0.1) is 0 Å². The summed E-state index contributed by atoms with van der Waals surface area (Å²) in [5.74, 6) is 1.95. The standard InChI is InChI=1S/C11H11ClN2O2/c1-2-15-9-5-3-4-8(6-9)11-13-10(7-12)16-14-11/h3-6H,2,7H2,1H3. The van der Waals surface area contributed by atoms with Gasteiger partial charge < -0.3 is 9.26 Å². The predicted molar refractivity (Wildman–Crippen MR) is 60.5 cm³/mol. The van der Waals surface area contributed by atoms with Crippen LogP contribution in [0.1, 0.15) is 12.8 Å². The maximum Gasteiger partial charge on any atom is 0.241 e. The van der Waals surface area contributed by atoms with E-state index < -0.39 is 0 Å². The first kappa shape index (κ1) is 11.0. The van der Waals surface area contributed by atoms with Gasteiger partial charge in [-0.1, -0.05) is 17.3 Å². The first-order valence-electron chi connectivity index (χ1n) is 4.95. The second-order valence-corrected chi connectivity index (χ2v) is 3.37. The Hall–Kier alpha value is -1.55. The van der Waals surface area contributed by atoms with Gasteiger partial charge in [-0.2, -0.15) is 4.98 Å². The second-order valence-electron chi connectivity index (χ2n) is 3.11. The molecule has 0 amide bonds. The Kier molecular flexibility index (Phi) is 3.41. The number of halogens is 1. The highest BCUT2D eigenvalue weighted by atomic mass is 35.5. The van der Waals surface area contributed by atoms with Crippen molar-refractivity contribution in [2.75, 3.05) is 6.61 Å². The molecule has 1 aromatic heterocycles. The monoisotopic (exact) mass is 238 g/mol. The molecule has 1 heterocycles. The van der Waals surface area contributed by atoms with E-state index in [0.29, 0.717) is 18.3 Å². The number of nitrogens with zero attached hydrogens (tertiary/aromatic N) is 2. The molecule has 0 aliphatic heterocycles. The third-order valence-corrected chi connectivity index (χ3v) is 2.21. The zero-order chi connectivity index (χ0) is 11.4. The van der Waals surface area contributed by atoms with Crippen molar-refractivity contribution < 1.29 is 9.26 Å². The summed E-state index contributed by atoms with van der Waals surface area (Å²) >= 11 is 5.59. The fourth-order valence-corrected chi connectivity index (χ4v) is 1.43. The molecule has 5 heteroatoms. The Balaban J connectivity index is 2.28. The van der Waals surface area contributed by atoms with Crippen molar-refractivity contribution in [1.82, 2.24) is 10.1 Å². The van der Waals surface area contributed by atoms with Gasteiger partial charge in [0.05, 0.1) is 6.61 Å². The van der Waals surface area contributed by atoms with Crippen LogP contribution in [0.5, 0.6) is 5.75 Å². The van der Waals surface area contributed by atoms with Crippen LogP contribution in [0.15, 0.2) is 28.8 Å². The number of rotatable bonds is 4. The van der Waals surface area contributed by atoms with Gasteiger partial charge in [-0.3, -0.25) is 0 Å². The van der Waals surface area contributed by atoms with Gasteiger partial charge in [0.25, 0.3) is 0 Å². The fraction of sp³-hybridized carbons (Fsp3) is 0.273. The molecule has 0 radical (unpaired) electrons. The molecule has 0 N–H and O–H groups in total. The summed E-state index contributed by atoms with van der Waals surface area (Å²) in [6, 6.07) is 7.53. The lowest BCUT2D eigenvalue weighted by Crippen LogP contribution is -1.91. The molecule has 0 unspecified atom stereocenters. The predicted octanol–water partition coefficient (Wildman–Crippen LogP) is 2.87. The molecule has 4 nitrogen and oxygen atoms in total. The number of hydrogen-bond donors (Lipinski definition) is 0. The Morgan fingerprint density at radius 3 is 3.00 bits per heavy atom. The van der Waals surface area contributed by atoms with E-state index >= 15 is 0 Å². The highest BCUT2D eigenvalue weighted by molar-refractivity contribution is 6.16. The van der Waals surface area contributed by atoms with Crippen molar-refractivity contribution in [3.05, 3.63) is 30.2 Å². The van der Waals surface area contributed by atoms with Crippen molar-refractivity contribution in [3.63, 3.8) is 0 Å². The number of aromatic nitrogens is 2. The van der Waals surface area contributed by atoms with Crippen LogP contribution in [-0.2, 0) is 5.88 Å². The molecule has 0 aliphatic rings. The average molecular weight is 239 g/mol. The summed E-state index contributed by atoms with van der Waals surface area (Å²) in [6.45, 7) is 2.56. The third-order valence-electron chi connectivity index (χ3n) is 1.99. The lowest BCUT2D eigenvalue weighted by molar-refractivity contribution is 0.340. The van der Waals surface area contributed by atoms with E-state index in [1.54, 1.807) is 0 Å². The highest BCUT2D eigenvalue weighted by Gasteiger charge is 2.08. The van der Waals surface area contributed by atoms with Crippen LogP contribution in [0.4, 0.5) is 0 Å². The summed E-state index contributed by atoms with van der Waals surface area (Å²) in [5.41, 5.74) is 0.853. The number of alkyl halides is 1. The van der Waals surface area contributed by atoms with Crippen LogP contribution < -0.4 is 4.74 Å². The summed E-state index contributed by atoms with van der Waals surface area (Å²) in [4.78, 5) is 4.13. The molecule has 0 aliphatic carbocycles. The van der Waals surface area contributed by atoms with E-state index in [1.165, 1.54) is 0 Å². The molecule has 2 aromatic rings. The molecule has 1 aromatic carbocycles. The van der Waals surface area contributed by atoms with Gasteiger partial charge in [0.1, 0.15) is 11.6 Å². The molecular weight excluding hydrogens is 228 g/mol. The summed E-state index contributed by atoms with van der Waals surface area (Å²) in [6.07, 6.45) is 0. The summed E-state index contributed by atoms with van der Waals surface area (Å²) < 4.78 is 10.3. The Bertz CT molecular complexity index is 471. The molecule has 0 saturated carbocycles. The van der Waals surface area contributed by atoms with E-state index in [4.69, 9.17) is 20.9 Å². The molecule has 84 valence electrons. The van der Waals surface area contributed by atoms with E-state index in [9.17, 15) is 0 Å².